The average Bonchev–Trinajstić information content (AvgIpc) is 3.53. The number of aryl methyl sites for hydroxylation is 1. The lowest BCUT2D eigenvalue weighted by molar-refractivity contribution is 0.380. The van der Waals surface area contributed by atoms with E-state index >= 15 is 0 Å². The highest BCUT2D eigenvalue weighted by Gasteiger charge is 2.33. The molecule has 4 rings (SSSR count). The maximum atomic E-state index is 13.5. The van der Waals surface area contributed by atoms with Crippen molar-refractivity contribution in [2.24, 2.45) is 5.92 Å². The molecule has 180 valence electrons. The van der Waals surface area contributed by atoms with Crippen LogP contribution >= 0.6 is 0 Å². The molecule has 1 fully saturated rings. The van der Waals surface area contributed by atoms with E-state index in [1.165, 1.54) is 10.5 Å². The van der Waals surface area contributed by atoms with Crippen molar-refractivity contribution in [1.29, 1.82) is 0 Å². The van der Waals surface area contributed by atoms with Gasteiger partial charge in [-0.1, -0.05) is 54.1 Å². The second-order valence-electron chi connectivity index (χ2n) is 8.73. The monoisotopic (exact) mass is 499 g/mol. The Hall–Kier alpha value is -2.75. The highest BCUT2D eigenvalue weighted by molar-refractivity contribution is 7.90. The Morgan fingerprint density at radius 2 is 1.74 bits per heavy atom. The van der Waals surface area contributed by atoms with E-state index in [1.807, 2.05) is 13.0 Å². The molecule has 1 heterocycles. The van der Waals surface area contributed by atoms with Crippen molar-refractivity contribution in [1.82, 2.24) is 13.9 Å². The molecule has 1 saturated carbocycles. The molecule has 0 atom stereocenters. The summed E-state index contributed by atoms with van der Waals surface area (Å²) in [6, 6.07) is 15.7. The first kappa shape index (κ1) is 24.4. The van der Waals surface area contributed by atoms with Gasteiger partial charge in [-0.3, -0.25) is 0 Å². The van der Waals surface area contributed by atoms with Crippen LogP contribution in [-0.2, 0) is 38.7 Å². The van der Waals surface area contributed by atoms with Crippen LogP contribution in [0.25, 0.3) is 0 Å². The van der Waals surface area contributed by atoms with Crippen molar-refractivity contribution in [2.45, 2.75) is 48.7 Å². The number of hydrogen-bond acceptors (Lipinski definition) is 5. The first-order chi connectivity index (χ1) is 16.2. The normalized spacial score (nSPS) is 14.4. The summed E-state index contributed by atoms with van der Waals surface area (Å²) < 4.78 is 56.3. The molecule has 1 aromatic heterocycles. The van der Waals surface area contributed by atoms with Crippen LogP contribution in [-0.4, -0.2) is 37.2 Å². The van der Waals surface area contributed by atoms with E-state index in [-0.39, 0.29) is 28.9 Å². The van der Waals surface area contributed by atoms with Gasteiger partial charge in [0.05, 0.1) is 29.1 Å². The molecule has 3 aromatic rings. The number of allylic oxidation sites excluding steroid dienone is 1. The molecule has 0 N–H and O–H groups in total. The fourth-order valence-corrected chi connectivity index (χ4v) is 6.81. The van der Waals surface area contributed by atoms with E-state index in [4.69, 9.17) is 0 Å². The molecule has 0 bridgehead atoms. The summed E-state index contributed by atoms with van der Waals surface area (Å²) in [7, 11) is -7.51. The van der Waals surface area contributed by atoms with E-state index in [1.54, 1.807) is 59.2 Å². The van der Waals surface area contributed by atoms with Crippen LogP contribution in [0.15, 0.2) is 83.5 Å². The molecule has 0 radical (unpaired) electrons. The smallest absolute Gasteiger partial charge is 0.243 e. The van der Waals surface area contributed by atoms with Gasteiger partial charge in [-0.25, -0.2) is 21.8 Å². The molecule has 1 aliphatic rings. The second kappa shape index (κ2) is 9.85. The van der Waals surface area contributed by atoms with Crippen molar-refractivity contribution in [3.05, 3.63) is 90.3 Å². The first-order valence-corrected chi connectivity index (χ1v) is 14.3. The summed E-state index contributed by atoms with van der Waals surface area (Å²) >= 11 is 0. The van der Waals surface area contributed by atoms with Crippen molar-refractivity contribution in [2.75, 3.05) is 6.54 Å². The highest BCUT2D eigenvalue weighted by atomic mass is 32.2. The number of nitrogens with zero attached hydrogens (tertiary/aromatic N) is 3. The van der Waals surface area contributed by atoms with Gasteiger partial charge in [0.1, 0.15) is 0 Å². The molecule has 0 unspecified atom stereocenters. The van der Waals surface area contributed by atoms with E-state index < -0.39 is 19.9 Å². The van der Waals surface area contributed by atoms with Crippen molar-refractivity contribution < 1.29 is 16.8 Å². The van der Waals surface area contributed by atoms with E-state index in [0.717, 1.165) is 18.4 Å². The van der Waals surface area contributed by atoms with Crippen molar-refractivity contribution in [3.8, 4) is 0 Å². The predicted molar refractivity (Wildman–Crippen MR) is 131 cm³/mol. The summed E-state index contributed by atoms with van der Waals surface area (Å²) in [6.07, 6.45) is 5.03. The van der Waals surface area contributed by atoms with Crippen molar-refractivity contribution in [3.63, 3.8) is 0 Å². The zero-order valence-electron chi connectivity index (χ0n) is 19.2. The molecule has 0 amide bonds. The van der Waals surface area contributed by atoms with Gasteiger partial charge in [0.15, 0.2) is 0 Å². The molecule has 1 aliphatic carbocycles. The number of imidazole rings is 1. The summed E-state index contributed by atoms with van der Waals surface area (Å²) in [5.74, 6) is 0.131. The number of hydrogen-bond donors (Lipinski definition) is 0. The number of aromatic nitrogens is 2. The van der Waals surface area contributed by atoms with Crippen LogP contribution in [0.3, 0.4) is 0 Å². The maximum absolute atomic E-state index is 13.5. The van der Waals surface area contributed by atoms with Crippen LogP contribution in [0.2, 0.25) is 0 Å². The SMILES string of the molecule is C=CCn1c(CN(CC2CC2)S(=O)(=O)c2ccc(C)cc2)cnc1S(=O)(=O)Cc1ccccc1. The molecule has 0 saturated heterocycles. The summed E-state index contributed by atoms with van der Waals surface area (Å²) in [5.41, 5.74) is 2.16. The molecular weight excluding hydrogens is 470 g/mol. The first-order valence-electron chi connectivity index (χ1n) is 11.2. The van der Waals surface area contributed by atoms with Crippen LogP contribution in [0.4, 0.5) is 0 Å². The van der Waals surface area contributed by atoms with E-state index in [2.05, 4.69) is 11.6 Å². The van der Waals surface area contributed by atoms with Gasteiger partial charge < -0.3 is 4.57 Å². The lowest BCUT2D eigenvalue weighted by Gasteiger charge is -2.23. The summed E-state index contributed by atoms with van der Waals surface area (Å²) in [5, 5.41) is -0.0784. The lowest BCUT2D eigenvalue weighted by Crippen LogP contribution is -2.33. The Morgan fingerprint density at radius 1 is 1.06 bits per heavy atom. The minimum absolute atomic E-state index is 0.0361. The Bertz CT molecular complexity index is 1360. The quantitative estimate of drug-likeness (QED) is 0.373. The van der Waals surface area contributed by atoms with Crippen LogP contribution in [0.5, 0.6) is 0 Å². The number of rotatable bonds is 11. The lowest BCUT2D eigenvalue weighted by atomic mass is 10.2. The Labute approximate surface area is 201 Å². The van der Waals surface area contributed by atoms with Crippen LogP contribution in [0.1, 0.15) is 29.7 Å². The molecule has 7 nitrogen and oxygen atoms in total. The Balaban J connectivity index is 1.67. The Kier molecular flexibility index (Phi) is 7.06. The predicted octanol–water partition coefficient (Wildman–Crippen LogP) is 3.95. The van der Waals surface area contributed by atoms with E-state index in [0.29, 0.717) is 23.7 Å². The third-order valence-corrected chi connectivity index (χ3v) is 9.27. The molecule has 9 heteroatoms. The van der Waals surface area contributed by atoms with Gasteiger partial charge in [0.25, 0.3) is 0 Å². The topological polar surface area (TPSA) is 89.3 Å². The highest BCUT2D eigenvalue weighted by Crippen LogP contribution is 2.33. The zero-order chi connectivity index (χ0) is 24.3. The third-order valence-electron chi connectivity index (χ3n) is 5.85. The number of sulfonamides is 1. The average molecular weight is 500 g/mol. The van der Waals surface area contributed by atoms with Gasteiger partial charge >= 0.3 is 0 Å². The van der Waals surface area contributed by atoms with Gasteiger partial charge in [-0.05, 0) is 43.4 Å². The zero-order valence-corrected chi connectivity index (χ0v) is 20.8. The van der Waals surface area contributed by atoms with Crippen LogP contribution < -0.4 is 0 Å². The van der Waals surface area contributed by atoms with Gasteiger partial charge in [-0.2, -0.15) is 4.31 Å². The fraction of sp³-hybridized carbons (Fsp3) is 0.320. The second-order valence-corrected chi connectivity index (χ2v) is 12.6. The number of benzene rings is 2. The Morgan fingerprint density at radius 3 is 2.35 bits per heavy atom. The standard InChI is InChI=1S/C25H29N3O4S2/c1-3-15-28-23(16-26-25(28)33(29,30)19-22-7-5-4-6-8-22)18-27(17-21-11-12-21)34(31,32)24-13-9-20(2)10-14-24/h3-10,13-14,16,21H,1,11-12,15,17-19H2,2H3. The van der Waals surface area contributed by atoms with Crippen molar-refractivity contribution >= 4 is 19.9 Å². The van der Waals surface area contributed by atoms with E-state index in [9.17, 15) is 16.8 Å². The van der Waals surface area contributed by atoms with Gasteiger partial charge in [-0.15, -0.1) is 6.58 Å². The fourth-order valence-electron chi connectivity index (χ4n) is 3.83. The molecular formula is C25H29N3O4S2. The summed E-state index contributed by atoms with van der Waals surface area (Å²) in [6.45, 7) is 6.29. The molecule has 0 aliphatic heterocycles. The number of sulfone groups is 1. The van der Waals surface area contributed by atoms with Gasteiger partial charge in [0, 0.05) is 13.1 Å². The third kappa shape index (κ3) is 5.48. The molecule has 0 spiro atoms. The van der Waals surface area contributed by atoms with Gasteiger partial charge in [0.2, 0.25) is 25.0 Å². The minimum Gasteiger partial charge on any atom is -0.314 e. The van der Waals surface area contributed by atoms with Crippen LogP contribution in [0, 0.1) is 12.8 Å². The minimum atomic E-state index is -3.76. The maximum Gasteiger partial charge on any atom is 0.243 e. The largest absolute Gasteiger partial charge is 0.314 e. The molecule has 2 aromatic carbocycles. The summed E-state index contributed by atoms with van der Waals surface area (Å²) in [4.78, 5) is 4.45. The molecule has 34 heavy (non-hydrogen) atoms.